The minimum Gasteiger partial charge on any atom is -0.478 e. The molecule has 0 bridgehead atoms. The van der Waals surface area contributed by atoms with E-state index < -0.39 is 5.97 Å². The van der Waals surface area contributed by atoms with E-state index in [9.17, 15) is 14.4 Å². The number of rotatable bonds is 8. The number of carboxylic acids is 1. The number of hydrogen-bond acceptors (Lipinski definition) is 3. The molecular formula is C20H28N2O4. The molecule has 0 aromatic heterocycles. The molecule has 26 heavy (non-hydrogen) atoms. The molecule has 1 fully saturated rings. The molecule has 6 nitrogen and oxygen atoms in total. The molecular weight excluding hydrogens is 332 g/mol. The Balaban J connectivity index is 1.75. The fourth-order valence-corrected chi connectivity index (χ4v) is 3.17. The number of likely N-dealkylation sites (tertiary alicyclic amines) is 1. The third-order valence-electron chi connectivity index (χ3n) is 4.85. The monoisotopic (exact) mass is 360 g/mol. The second-order valence-electron chi connectivity index (χ2n) is 6.83. The first-order valence-electron chi connectivity index (χ1n) is 9.39. The second-order valence-corrected chi connectivity index (χ2v) is 6.83. The number of nitrogens with one attached hydrogen (secondary N) is 1. The van der Waals surface area contributed by atoms with E-state index in [2.05, 4.69) is 12.2 Å². The highest BCUT2D eigenvalue weighted by atomic mass is 16.4. The molecule has 0 saturated carbocycles. The van der Waals surface area contributed by atoms with E-state index in [0.29, 0.717) is 25.9 Å². The van der Waals surface area contributed by atoms with E-state index in [-0.39, 0.29) is 29.7 Å². The normalized spacial score (nSPS) is 14.9. The van der Waals surface area contributed by atoms with Crippen molar-refractivity contribution in [2.45, 2.75) is 45.4 Å². The van der Waals surface area contributed by atoms with Crippen LogP contribution in [0, 0.1) is 5.92 Å². The maximum Gasteiger partial charge on any atom is 0.335 e. The lowest BCUT2D eigenvalue weighted by atomic mass is 9.95. The van der Waals surface area contributed by atoms with E-state index in [1.165, 1.54) is 12.1 Å². The third-order valence-corrected chi connectivity index (χ3v) is 4.85. The Kier molecular flexibility index (Phi) is 7.63. The smallest absolute Gasteiger partial charge is 0.335 e. The molecule has 2 N–H and O–H groups in total. The maximum absolute atomic E-state index is 12.4. The van der Waals surface area contributed by atoms with Crippen LogP contribution >= 0.6 is 0 Å². The van der Waals surface area contributed by atoms with Gasteiger partial charge in [0.1, 0.15) is 0 Å². The van der Waals surface area contributed by atoms with Gasteiger partial charge >= 0.3 is 5.97 Å². The highest BCUT2D eigenvalue weighted by Gasteiger charge is 2.27. The minimum absolute atomic E-state index is 0.00414. The maximum atomic E-state index is 12.4. The number of carbonyl (C=O) groups is 3. The van der Waals surface area contributed by atoms with Gasteiger partial charge in [-0.1, -0.05) is 31.9 Å². The summed E-state index contributed by atoms with van der Waals surface area (Å²) in [5.41, 5.74) is 1.02. The van der Waals surface area contributed by atoms with Gasteiger partial charge in [0.2, 0.25) is 11.8 Å². The minimum atomic E-state index is -0.974. The molecule has 2 amide bonds. The van der Waals surface area contributed by atoms with Crippen LogP contribution in [0.25, 0.3) is 0 Å². The molecule has 6 heteroatoms. The average molecular weight is 360 g/mol. The standard InChI is InChI=1S/C20H28N2O4/c1-2-3-4-11-21-19(24)16-9-12-22(13-10-16)18(23)14-15-5-7-17(8-6-15)20(25)26/h5-8,16H,2-4,9-14H2,1H3,(H,21,24)(H,25,26). The Bertz CT molecular complexity index is 619. The summed E-state index contributed by atoms with van der Waals surface area (Å²) >= 11 is 0. The molecule has 1 saturated heterocycles. The highest BCUT2D eigenvalue weighted by molar-refractivity contribution is 5.88. The van der Waals surface area contributed by atoms with Crippen molar-refractivity contribution in [1.82, 2.24) is 10.2 Å². The predicted octanol–water partition coefficient (Wildman–Crippen LogP) is 2.47. The van der Waals surface area contributed by atoms with Gasteiger partial charge in [-0.15, -0.1) is 0 Å². The third kappa shape index (κ3) is 5.86. The zero-order valence-electron chi connectivity index (χ0n) is 15.4. The van der Waals surface area contributed by atoms with Gasteiger partial charge in [-0.2, -0.15) is 0 Å². The van der Waals surface area contributed by atoms with E-state index in [1.54, 1.807) is 17.0 Å². The van der Waals surface area contributed by atoms with Crippen molar-refractivity contribution in [3.63, 3.8) is 0 Å². The number of nitrogens with zero attached hydrogens (tertiary/aromatic N) is 1. The van der Waals surface area contributed by atoms with Crippen LogP contribution in [0.15, 0.2) is 24.3 Å². The second kappa shape index (κ2) is 9.94. The lowest BCUT2D eigenvalue weighted by molar-refractivity contribution is -0.135. The summed E-state index contributed by atoms with van der Waals surface area (Å²) < 4.78 is 0. The van der Waals surface area contributed by atoms with E-state index in [1.807, 2.05) is 0 Å². The van der Waals surface area contributed by atoms with E-state index in [0.717, 1.165) is 31.4 Å². The van der Waals surface area contributed by atoms with Crippen molar-refractivity contribution >= 4 is 17.8 Å². The Labute approximate surface area is 154 Å². The molecule has 1 aliphatic rings. The molecule has 1 aromatic carbocycles. The summed E-state index contributed by atoms with van der Waals surface area (Å²) in [7, 11) is 0. The molecule has 1 heterocycles. The summed E-state index contributed by atoms with van der Waals surface area (Å²) in [6.45, 7) is 4.06. The van der Waals surface area contributed by atoms with Crippen molar-refractivity contribution in [2.24, 2.45) is 5.92 Å². The van der Waals surface area contributed by atoms with Gasteiger partial charge in [0.25, 0.3) is 0 Å². The highest BCUT2D eigenvalue weighted by Crippen LogP contribution is 2.18. The number of aromatic carboxylic acids is 1. The first kappa shape index (κ1) is 19.9. The lowest BCUT2D eigenvalue weighted by Gasteiger charge is -2.31. The molecule has 142 valence electrons. The van der Waals surface area contributed by atoms with Crippen LogP contribution in [-0.4, -0.2) is 47.4 Å². The summed E-state index contributed by atoms with van der Waals surface area (Å²) in [5.74, 6) is -0.846. The largest absolute Gasteiger partial charge is 0.478 e. The van der Waals surface area contributed by atoms with Crippen LogP contribution < -0.4 is 5.32 Å². The summed E-state index contributed by atoms with van der Waals surface area (Å²) in [6.07, 6.45) is 4.93. The van der Waals surface area contributed by atoms with Crippen LogP contribution in [-0.2, 0) is 16.0 Å². The van der Waals surface area contributed by atoms with E-state index >= 15 is 0 Å². The van der Waals surface area contributed by atoms with Crippen LogP contribution in [0.4, 0.5) is 0 Å². The molecule has 2 rings (SSSR count). The van der Waals surface area contributed by atoms with Crippen molar-refractivity contribution in [2.75, 3.05) is 19.6 Å². The van der Waals surface area contributed by atoms with Crippen molar-refractivity contribution in [3.8, 4) is 0 Å². The number of hydrogen-bond donors (Lipinski definition) is 2. The van der Waals surface area contributed by atoms with Crippen molar-refractivity contribution in [1.29, 1.82) is 0 Å². The fraction of sp³-hybridized carbons (Fsp3) is 0.550. The molecule has 0 radical (unpaired) electrons. The Morgan fingerprint density at radius 2 is 1.77 bits per heavy atom. The molecule has 0 atom stereocenters. The molecule has 0 spiro atoms. The van der Waals surface area contributed by atoms with Gasteiger partial charge in [-0.05, 0) is 37.0 Å². The van der Waals surface area contributed by atoms with Crippen LogP contribution in [0.5, 0.6) is 0 Å². The molecule has 1 aliphatic heterocycles. The quantitative estimate of drug-likeness (QED) is 0.697. The SMILES string of the molecule is CCCCCNC(=O)C1CCN(C(=O)Cc2ccc(C(=O)O)cc2)CC1. The summed E-state index contributed by atoms with van der Waals surface area (Å²) in [4.78, 5) is 37.2. The zero-order valence-corrected chi connectivity index (χ0v) is 15.4. The van der Waals surface area contributed by atoms with Crippen LogP contribution in [0.2, 0.25) is 0 Å². The first-order chi connectivity index (χ1) is 12.5. The molecule has 1 aromatic rings. The van der Waals surface area contributed by atoms with Gasteiger partial charge < -0.3 is 15.3 Å². The van der Waals surface area contributed by atoms with Crippen molar-refractivity contribution in [3.05, 3.63) is 35.4 Å². The molecule has 0 unspecified atom stereocenters. The number of benzene rings is 1. The Hall–Kier alpha value is -2.37. The van der Waals surface area contributed by atoms with Crippen molar-refractivity contribution < 1.29 is 19.5 Å². The Morgan fingerprint density at radius 3 is 2.35 bits per heavy atom. The number of unbranched alkanes of at least 4 members (excludes halogenated alkanes) is 2. The lowest BCUT2D eigenvalue weighted by Crippen LogP contribution is -2.43. The summed E-state index contributed by atoms with van der Waals surface area (Å²) in [6, 6.07) is 6.38. The number of piperidine rings is 1. The molecule has 0 aliphatic carbocycles. The zero-order chi connectivity index (χ0) is 18.9. The van der Waals surface area contributed by atoms with Crippen LogP contribution in [0.3, 0.4) is 0 Å². The topological polar surface area (TPSA) is 86.7 Å². The predicted molar refractivity (Wildman–Crippen MR) is 98.9 cm³/mol. The summed E-state index contributed by atoms with van der Waals surface area (Å²) in [5, 5.41) is 11.9. The van der Waals surface area contributed by atoms with E-state index in [4.69, 9.17) is 5.11 Å². The van der Waals surface area contributed by atoms with Gasteiger partial charge in [-0.25, -0.2) is 4.79 Å². The van der Waals surface area contributed by atoms with Gasteiger partial charge in [-0.3, -0.25) is 9.59 Å². The number of amides is 2. The van der Waals surface area contributed by atoms with Gasteiger partial charge in [0.05, 0.1) is 12.0 Å². The number of carboxylic acid groups (broad SMARTS) is 1. The number of carbonyl (C=O) groups excluding carboxylic acids is 2. The Morgan fingerprint density at radius 1 is 1.12 bits per heavy atom. The first-order valence-corrected chi connectivity index (χ1v) is 9.39. The average Bonchev–Trinajstić information content (AvgIpc) is 2.65. The van der Waals surface area contributed by atoms with Gasteiger partial charge in [0, 0.05) is 25.6 Å². The van der Waals surface area contributed by atoms with Gasteiger partial charge in [0.15, 0.2) is 0 Å². The fourth-order valence-electron chi connectivity index (χ4n) is 3.17. The van der Waals surface area contributed by atoms with Crippen LogP contribution in [0.1, 0.15) is 54.9 Å².